The number of hydrogen-bond acceptors (Lipinski definition) is 6. The topological polar surface area (TPSA) is 90.6 Å². The highest BCUT2D eigenvalue weighted by Crippen LogP contribution is 2.51. The lowest BCUT2D eigenvalue weighted by Crippen LogP contribution is -2.38. The highest BCUT2D eigenvalue weighted by Gasteiger charge is 2.42. The number of carbonyl (C=O) groups excluding carboxylic acids is 1. The van der Waals surface area contributed by atoms with Crippen molar-refractivity contribution in [2.75, 3.05) is 31.2 Å². The van der Waals surface area contributed by atoms with E-state index < -0.39 is 5.41 Å². The second-order valence-corrected chi connectivity index (χ2v) is 8.75. The average molecular weight is 431 g/mol. The van der Waals surface area contributed by atoms with Gasteiger partial charge in [-0.2, -0.15) is 0 Å². The van der Waals surface area contributed by atoms with Crippen LogP contribution in [0.4, 0.5) is 5.82 Å². The molecule has 7 heteroatoms. The average Bonchev–Trinajstić information content (AvgIpc) is 2.82. The molecule has 3 aromatic rings. The number of aromatic nitrogens is 2. The number of rotatable bonds is 4. The fourth-order valence-electron chi connectivity index (χ4n) is 4.43. The molecule has 0 spiro atoms. The van der Waals surface area contributed by atoms with Gasteiger partial charge in [-0.15, -0.1) is 0 Å². The maximum atomic E-state index is 12.3. The molecule has 164 valence electrons. The Morgan fingerprint density at radius 2 is 1.84 bits per heavy atom. The second-order valence-electron chi connectivity index (χ2n) is 8.75. The number of pyridine rings is 2. The lowest BCUT2D eigenvalue weighted by atomic mass is 9.70. The molecule has 2 N–H and O–H groups in total. The van der Waals surface area contributed by atoms with E-state index in [1.807, 2.05) is 68.6 Å². The minimum absolute atomic E-state index is 0.247. The van der Waals surface area contributed by atoms with Gasteiger partial charge in [-0.05, 0) is 24.3 Å². The quantitative estimate of drug-likeness (QED) is 0.678. The smallest absolute Gasteiger partial charge is 0.224 e. The summed E-state index contributed by atoms with van der Waals surface area (Å²) in [7, 11) is 0. The molecule has 1 amide bonds. The normalized spacial score (nSPS) is 17.8. The van der Waals surface area contributed by atoms with E-state index in [2.05, 4.69) is 9.88 Å². The molecule has 4 heterocycles. The highest BCUT2D eigenvalue weighted by molar-refractivity contribution is 5.83. The van der Waals surface area contributed by atoms with Crippen molar-refractivity contribution in [3.8, 4) is 22.9 Å². The first-order valence-corrected chi connectivity index (χ1v) is 10.8. The van der Waals surface area contributed by atoms with Gasteiger partial charge in [0.15, 0.2) is 0 Å². The summed E-state index contributed by atoms with van der Waals surface area (Å²) in [5, 5.41) is 0. The molecule has 1 atom stereocenters. The van der Waals surface area contributed by atoms with Crippen LogP contribution in [0.2, 0.25) is 0 Å². The summed E-state index contributed by atoms with van der Waals surface area (Å²) in [6.07, 6.45) is 1.83. The Hall–Kier alpha value is -3.45. The standard InChI is InChI=1S/C25H26N4O3/c1-25(2,24(26)30)22-17-5-3-4-6-20(17)32-23-18(22)8-9-19(28-23)16-7-10-21(27-15-16)29-11-13-31-14-12-29/h3-10,15,22H,11-14H2,1-2H3,(H2,26,30)/t22-/m0/s1. The summed E-state index contributed by atoms with van der Waals surface area (Å²) in [5.41, 5.74) is 8.45. The molecule has 7 nitrogen and oxygen atoms in total. The third-order valence-electron chi connectivity index (χ3n) is 6.37. The van der Waals surface area contributed by atoms with E-state index in [9.17, 15) is 4.79 Å². The summed E-state index contributed by atoms with van der Waals surface area (Å²) in [6.45, 7) is 6.86. The zero-order chi connectivity index (χ0) is 22.3. The Morgan fingerprint density at radius 1 is 1.06 bits per heavy atom. The van der Waals surface area contributed by atoms with Crippen molar-refractivity contribution in [1.29, 1.82) is 0 Å². The van der Waals surface area contributed by atoms with E-state index >= 15 is 0 Å². The van der Waals surface area contributed by atoms with Crippen molar-refractivity contribution < 1.29 is 14.3 Å². The zero-order valence-corrected chi connectivity index (χ0v) is 18.2. The molecule has 1 saturated heterocycles. The van der Waals surface area contributed by atoms with Gasteiger partial charge in [0.05, 0.1) is 24.3 Å². The van der Waals surface area contributed by atoms with Gasteiger partial charge in [-0.25, -0.2) is 9.97 Å². The van der Waals surface area contributed by atoms with Gasteiger partial charge < -0.3 is 20.1 Å². The number of anilines is 1. The number of fused-ring (bicyclic) bond motifs is 2. The molecule has 5 rings (SSSR count). The van der Waals surface area contributed by atoms with E-state index in [0.29, 0.717) is 11.6 Å². The number of nitrogens with two attached hydrogens (primary N) is 1. The predicted octanol–water partition coefficient (Wildman–Crippen LogP) is 3.73. The van der Waals surface area contributed by atoms with Crippen LogP contribution in [-0.2, 0) is 9.53 Å². The van der Waals surface area contributed by atoms with Gasteiger partial charge in [0.25, 0.3) is 0 Å². The number of hydrogen-bond donors (Lipinski definition) is 1. The summed E-state index contributed by atoms with van der Waals surface area (Å²) >= 11 is 0. The Balaban J connectivity index is 1.51. The number of primary amides is 1. The number of nitrogens with zero attached hydrogens (tertiary/aromatic N) is 3. The number of benzene rings is 1. The Bertz CT molecular complexity index is 1150. The van der Waals surface area contributed by atoms with Crippen LogP contribution in [0.3, 0.4) is 0 Å². The van der Waals surface area contributed by atoms with E-state index in [0.717, 1.165) is 54.5 Å². The van der Waals surface area contributed by atoms with Crippen molar-refractivity contribution in [1.82, 2.24) is 9.97 Å². The molecule has 2 aliphatic rings. The minimum Gasteiger partial charge on any atom is -0.438 e. The SMILES string of the molecule is CC(C)(C(N)=O)[C@H]1c2ccccc2Oc2nc(-c3ccc(N4CCOCC4)nc3)ccc21. The third-order valence-corrected chi connectivity index (χ3v) is 6.37. The molecule has 1 aromatic carbocycles. The van der Waals surface area contributed by atoms with Gasteiger partial charge in [0.2, 0.25) is 11.8 Å². The summed E-state index contributed by atoms with van der Waals surface area (Å²) in [5.74, 6) is 1.52. The maximum absolute atomic E-state index is 12.3. The van der Waals surface area contributed by atoms with E-state index in [1.54, 1.807) is 0 Å². The fourth-order valence-corrected chi connectivity index (χ4v) is 4.43. The van der Waals surface area contributed by atoms with E-state index in [4.69, 9.17) is 20.2 Å². The van der Waals surface area contributed by atoms with Gasteiger partial charge in [-0.3, -0.25) is 4.79 Å². The van der Waals surface area contributed by atoms with Crippen LogP contribution >= 0.6 is 0 Å². The van der Waals surface area contributed by atoms with Crippen molar-refractivity contribution >= 4 is 11.7 Å². The fraction of sp³-hybridized carbons (Fsp3) is 0.320. The third kappa shape index (κ3) is 3.48. The zero-order valence-electron chi connectivity index (χ0n) is 18.2. The maximum Gasteiger partial charge on any atom is 0.224 e. The molecule has 0 radical (unpaired) electrons. The van der Waals surface area contributed by atoms with Crippen molar-refractivity contribution in [3.05, 3.63) is 65.9 Å². The molecule has 0 aliphatic carbocycles. The van der Waals surface area contributed by atoms with Crippen LogP contribution in [0.1, 0.15) is 30.9 Å². The van der Waals surface area contributed by atoms with Gasteiger partial charge in [0.1, 0.15) is 11.6 Å². The Labute approximate surface area is 187 Å². The first-order valence-electron chi connectivity index (χ1n) is 10.8. The molecule has 2 aromatic heterocycles. The molecule has 0 bridgehead atoms. The van der Waals surface area contributed by atoms with Gasteiger partial charge in [-0.1, -0.05) is 38.1 Å². The van der Waals surface area contributed by atoms with Crippen LogP contribution < -0.4 is 15.4 Å². The first-order chi connectivity index (χ1) is 15.4. The summed E-state index contributed by atoms with van der Waals surface area (Å²) in [4.78, 5) is 24.0. The van der Waals surface area contributed by atoms with Gasteiger partial charge in [0, 0.05) is 41.9 Å². The molecule has 1 fully saturated rings. The van der Waals surface area contributed by atoms with Crippen LogP contribution in [0, 0.1) is 5.41 Å². The predicted molar refractivity (Wildman–Crippen MR) is 122 cm³/mol. The summed E-state index contributed by atoms with van der Waals surface area (Å²) in [6, 6.07) is 15.7. The number of ether oxygens (including phenoxy) is 2. The molecule has 0 unspecified atom stereocenters. The van der Waals surface area contributed by atoms with Gasteiger partial charge >= 0.3 is 0 Å². The summed E-state index contributed by atoms with van der Waals surface area (Å²) < 4.78 is 11.6. The molecule has 0 saturated carbocycles. The number of para-hydroxylation sites is 1. The van der Waals surface area contributed by atoms with E-state index in [-0.39, 0.29) is 11.8 Å². The molecular formula is C25H26N4O3. The Kier molecular flexibility index (Phi) is 5.06. The van der Waals surface area contributed by atoms with Crippen LogP contribution in [0.5, 0.6) is 11.6 Å². The minimum atomic E-state index is -0.806. The largest absolute Gasteiger partial charge is 0.438 e. The monoisotopic (exact) mass is 430 g/mol. The second kappa shape index (κ2) is 7.91. The van der Waals surface area contributed by atoms with Crippen LogP contribution in [-0.4, -0.2) is 42.2 Å². The van der Waals surface area contributed by atoms with Crippen molar-refractivity contribution in [3.63, 3.8) is 0 Å². The molecule has 2 aliphatic heterocycles. The van der Waals surface area contributed by atoms with Crippen molar-refractivity contribution in [2.45, 2.75) is 19.8 Å². The number of morpholine rings is 1. The number of carbonyl (C=O) groups is 1. The molecule has 32 heavy (non-hydrogen) atoms. The van der Waals surface area contributed by atoms with E-state index in [1.165, 1.54) is 0 Å². The van der Waals surface area contributed by atoms with Crippen LogP contribution in [0.25, 0.3) is 11.3 Å². The van der Waals surface area contributed by atoms with Crippen LogP contribution in [0.15, 0.2) is 54.7 Å². The lowest BCUT2D eigenvalue weighted by Gasteiger charge is -2.36. The Morgan fingerprint density at radius 3 is 2.56 bits per heavy atom. The lowest BCUT2D eigenvalue weighted by molar-refractivity contribution is -0.126. The number of amides is 1. The molecular weight excluding hydrogens is 404 g/mol. The van der Waals surface area contributed by atoms with Crippen molar-refractivity contribution in [2.24, 2.45) is 11.1 Å². The highest BCUT2D eigenvalue weighted by atomic mass is 16.5. The first kappa shape index (κ1) is 20.5.